The van der Waals surface area contributed by atoms with Crippen molar-refractivity contribution in [3.63, 3.8) is 0 Å². The topological polar surface area (TPSA) is 96.3 Å². The highest BCUT2D eigenvalue weighted by atomic mass is 35.5. The van der Waals surface area contributed by atoms with E-state index in [1.165, 1.54) is 23.2 Å². The number of aliphatic hydroxyl groups is 1. The number of rotatable bonds is 14. The Kier molecular flexibility index (Phi) is 11.5. The Hall–Kier alpha value is -4.13. The van der Waals surface area contributed by atoms with E-state index < -0.39 is 14.3 Å². The molecule has 1 N–H and O–H groups in total. The third kappa shape index (κ3) is 7.21. The lowest BCUT2D eigenvalue weighted by atomic mass is 9.97. The molecule has 0 bridgehead atoms. The number of nitrogens with zero attached hydrogens (tertiary/aromatic N) is 5. The SMILES string of the molecule is COC(=O)c1c(CCCO)c2ccc(Cl)c(-c3c(CSCc4cc(CO[Si](c5ccccc5)(c5ccccc5)C(C)(C)C)n(C)n4)nn4c3CCC4)c2n1C. The first-order valence-electron chi connectivity index (χ1n) is 18.9. The Morgan fingerprint density at radius 3 is 2.29 bits per heavy atom. The van der Waals surface area contributed by atoms with Gasteiger partial charge in [0.15, 0.2) is 0 Å². The molecule has 3 aromatic heterocycles. The van der Waals surface area contributed by atoms with Gasteiger partial charge in [-0.05, 0) is 58.8 Å². The van der Waals surface area contributed by atoms with Gasteiger partial charge < -0.3 is 18.8 Å². The van der Waals surface area contributed by atoms with Crippen LogP contribution in [0.2, 0.25) is 10.1 Å². The third-order valence-electron chi connectivity index (χ3n) is 10.9. The quantitative estimate of drug-likeness (QED) is 0.0897. The minimum absolute atomic E-state index is 0.0291. The molecular formula is C43H50ClN5O4SSi. The molecule has 1 aliphatic heterocycles. The van der Waals surface area contributed by atoms with Crippen molar-refractivity contribution in [1.29, 1.82) is 0 Å². The van der Waals surface area contributed by atoms with Crippen molar-refractivity contribution in [2.75, 3.05) is 13.7 Å². The number of aromatic nitrogens is 5. The first-order chi connectivity index (χ1) is 26.5. The van der Waals surface area contributed by atoms with E-state index in [9.17, 15) is 9.90 Å². The molecule has 0 amide bonds. The predicted molar refractivity (Wildman–Crippen MR) is 225 cm³/mol. The molecule has 12 heteroatoms. The van der Waals surface area contributed by atoms with E-state index in [2.05, 4.69) is 92.2 Å². The second-order valence-electron chi connectivity index (χ2n) is 15.3. The molecule has 0 spiro atoms. The normalized spacial score (nSPS) is 13.2. The van der Waals surface area contributed by atoms with E-state index in [4.69, 9.17) is 31.0 Å². The van der Waals surface area contributed by atoms with E-state index in [0.29, 0.717) is 41.7 Å². The zero-order chi connectivity index (χ0) is 38.9. The number of fused-ring (bicyclic) bond motifs is 2. The Morgan fingerprint density at radius 2 is 1.65 bits per heavy atom. The highest BCUT2D eigenvalue weighted by molar-refractivity contribution is 7.97. The first kappa shape index (κ1) is 39.1. The second kappa shape index (κ2) is 16.2. The molecular weight excluding hydrogens is 746 g/mol. The number of benzene rings is 3. The lowest BCUT2D eigenvalue weighted by Crippen LogP contribution is -2.66. The predicted octanol–water partition coefficient (Wildman–Crippen LogP) is 7.60. The molecule has 3 aromatic carbocycles. The number of esters is 1. The van der Waals surface area contributed by atoms with Crippen LogP contribution in [-0.4, -0.2) is 57.2 Å². The van der Waals surface area contributed by atoms with E-state index >= 15 is 0 Å². The van der Waals surface area contributed by atoms with Gasteiger partial charge in [0, 0.05) is 61.0 Å². The van der Waals surface area contributed by atoms with Crippen molar-refractivity contribution in [2.24, 2.45) is 14.1 Å². The van der Waals surface area contributed by atoms with Crippen molar-refractivity contribution in [3.8, 4) is 11.1 Å². The molecule has 0 atom stereocenters. The summed E-state index contributed by atoms with van der Waals surface area (Å²) in [5, 5.41) is 23.7. The molecule has 288 valence electrons. The zero-order valence-corrected chi connectivity index (χ0v) is 35.1. The Balaban J connectivity index is 1.17. The standard InChI is InChI=1S/C43H50ClN5O4SSi/c1-43(2,3)55(31-15-9-7-10-16-31,32-17-11-8-12-18-32)53-26-30-25-29(45-48(30)5)27-54-28-36-39(37-20-13-23-49(37)46-36)38-35(44)22-21-34-33(19-14-24-50)41(42(51)52-6)47(4)40(34)38/h7-12,15-18,21-22,25,50H,13-14,19-20,23-24,26-28H2,1-6H3. The van der Waals surface area contributed by atoms with Crippen molar-refractivity contribution >= 4 is 58.9 Å². The Bertz CT molecular complexity index is 2270. The van der Waals surface area contributed by atoms with Gasteiger partial charge in [-0.3, -0.25) is 9.36 Å². The number of hydrogen-bond acceptors (Lipinski definition) is 7. The maximum atomic E-state index is 13.1. The first-order valence-corrected chi connectivity index (χ1v) is 22.4. The maximum Gasteiger partial charge on any atom is 0.354 e. The number of hydrogen-bond donors (Lipinski definition) is 1. The molecule has 0 aliphatic carbocycles. The van der Waals surface area contributed by atoms with Gasteiger partial charge in [-0.2, -0.15) is 10.2 Å². The van der Waals surface area contributed by atoms with Gasteiger partial charge in [-0.1, -0.05) is 99.1 Å². The molecule has 0 radical (unpaired) electrons. The molecule has 55 heavy (non-hydrogen) atoms. The van der Waals surface area contributed by atoms with Crippen LogP contribution in [0.15, 0.2) is 78.9 Å². The summed E-state index contributed by atoms with van der Waals surface area (Å²) in [7, 11) is 2.58. The molecule has 9 nitrogen and oxygen atoms in total. The zero-order valence-electron chi connectivity index (χ0n) is 32.6. The Labute approximate surface area is 333 Å². The van der Waals surface area contributed by atoms with Crippen LogP contribution in [0.25, 0.3) is 22.0 Å². The van der Waals surface area contributed by atoms with Crippen LogP contribution in [0.4, 0.5) is 0 Å². The van der Waals surface area contributed by atoms with E-state index in [0.717, 1.165) is 64.1 Å². The smallest absolute Gasteiger partial charge is 0.354 e. The van der Waals surface area contributed by atoms with Crippen LogP contribution in [0.1, 0.15) is 72.4 Å². The van der Waals surface area contributed by atoms with Gasteiger partial charge >= 0.3 is 5.97 Å². The van der Waals surface area contributed by atoms with Crippen LogP contribution in [0.3, 0.4) is 0 Å². The molecule has 6 aromatic rings. The maximum absolute atomic E-state index is 13.1. The molecule has 0 fully saturated rings. The van der Waals surface area contributed by atoms with Crippen molar-refractivity contribution < 1.29 is 19.1 Å². The van der Waals surface area contributed by atoms with E-state index in [1.807, 2.05) is 35.5 Å². The number of aliphatic hydroxyl groups excluding tert-OH is 1. The molecule has 0 saturated heterocycles. The Morgan fingerprint density at radius 1 is 0.964 bits per heavy atom. The summed E-state index contributed by atoms with van der Waals surface area (Å²) in [4.78, 5) is 13.1. The highest BCUT2D eigenvalue weighted by Gasteiger charge is 2.50. The van der Waals surface area contributed by atoms with Crippen LogP contribution >= 0.6 is 23.4 Å². The summed E-state index contributed by atoms with van der Waals surface area (Å²) in [5.41, 5.74) is 8.33. The average molecular weight is 797 g/mol. The third-order valence-corrected chi connectivity index (χ3v) is 17.2. The number of ether oxygens (including phenoxy) is 1. The van der Waals surface area contributed by atoms with Gasteiger partial charge in [-0.15, -0.1) is 11.8 Å². The van der Waals surface area contributed by atoms with Crippen molar-refractivity contribution in [2.45, 2.75) is 76.2 Å². The molecule has 0 unspecified atom stereocenters. The van der Waals surface area contributed by atoms with Gasteiger partial charge in [0.2, 0.25) is 0 Å². The monoisotopic (exact) mass is 795 g/mol. The molecule has 4 heterocycles. The summed E-state index contributed by atoms with van der Waals surface area (Å²) < 4.78 is 18.4. The highest BCUT2D eigenvalue weighted by Crippen LogP contribution is 2.44. The lowest BCUT2D eigenvalue weighted by molar-refractivity contribution is 0.0589. The largest absolute Gasteiger partial charge is 0.464 e. The van der Waals surface area contributed by atoms with Crippen LogP contribution < -0.4 is 10.4 Å². The number of carbonyl (C=O) groups is 1. The molecule has 7 rings (SSSR count). The van der Waals surface area contributed by atoms with E-state index in [1.54, 1.807) is 11.8 Å². The summed E-state index contributed by atoms with van der Waals surface area (Å²) in [6.07, 6.45) is 3.00. The minimum Gasteiger partial charge on any atom is -0.464 e. The molecule has 0 saturated carbocycles. The summed E-state index contributed by atoms with van der Waals surface area (Å²) in [5.74, 6) is 0.962. The fourth-order valence-electron chi connectivity index (χ4n) is 8.45. The molecule has 1 aliphatic rings. The number of methoxy groups -OCH3 is 1. The van der Waals surface area contributed by atoms with Crippen LogP contribution in [0, 0.1) is 0 Å². The number of thioether (sulfide) groups is 1. The van der Waals surface area contributed by atoms with Crippen molar-refractivity contribution in [3.05, 3.63) is 118 Å². The van der Waals surface area contributed by atoms with Gasteiger partial charge in [0.25, 0.3) is 8.32 Å². The summed E-state index contributed by atoms with van der Waals surface area (Å²) in [6, 6.07) is 27.5. The number of aryl methyl sites for hydroxylation is 4. The van der Waals surface area contributed by atoms with Gasteiger partial charge in [-0.25, -0.2) is 4.79 Å². The summed E-state index contributed by atoms with van der Waals surface area (Å²) in [6.45, 7) is 8.23. The average Bonchev–Trinajstić information content (AvgIpc) is 3.93. The van der Waals surface area contributed by atoms with Crippen molar-refractivity contribution in [1.82, 2.24) is 24.1 Å². The van der Waals surface area contributed by atoms with E-state index in [-0.39, 0.29) is 11.6 Å². The van der Waals surface area contributed by atoms with Gasteiger partial charge in [0.1, 0.15) is 5.69 Å². The lowest BCUT2D eigenvalue weighted by Gasteiger charge is -2.43. The minimum atomic E-state index is -2.71. The fraction of sp³-hybridized carbons (Fsp3) is 0.372. The van der Waals surface area contributed by atoms with Crippen LogP contribution in [0.5, 0.6) is 0 Å². The second-order valence-corrected chi connectivity index (χ2v) is 21.0. The number of carbonyl (C=O) groups excluding carboxylic acids is 1. The summed E-state index contributed by atoms with van der Waals surface area (Å²) >= 11 is 8.88. The van der Waals surface area contributed by atoms with Crippen LogP contribution in [-0.2, 0) is 60.8 Å². The number of halogens is 1. The fourth-order valence-corrected chi connectivity index (χ4v) is 14.1. The van der Waals surface area contributed by atoms with Gasteiger partial charge in [0.05, 0.1) is 41.3 Å².